The molecule has 0 spiro atoms. The zero-order valence-electron chi connectivity index (χ0n) is 14.9. The number of hydrogen-bond acceptors (Lipinski definition) is 6. The van der Waals surface area contributed by atoms with E-state index in [9.17, 15) is 4.79 Å². The lowest BCUT2D eigenvalue weighted by Gasteiger charge is -2.13. The van der Waals surface area contributed by atoms with Gasteiger partial charge in [0.2, 0.25) is 6.79 Å². The zero-order chi connectivity index (χ0) is 17.9. The van der Waals surface area contributed by atoms with E-state index in [1.54, 1.807) is 11.8 Å². The van der Waals surface area contributed by atoms with Gasteiger partial charge in [-0.3, -0.25) is 4.79 Å². The number of thioether (sulfide) groups is 1. The number of nitrogens with zero attached hydrogens (tertiary/aromatic N) is 2. The molecule has 6 nitrogen and oxygen atoms in total. The molecule has 138 valence electrons. The molecule has 1 N–H and O–H groups in total. The van der Waals surface area contributed by atoms with Gasteiger partial charge in [0.1, 0.15) is 0 Å². The van der Waals surface area contributed by atoms with Gasteiger partial charge in [-0.25, -0.2) is 4.98 Å². The number of fused-ring (bicyclic) bond motifs is 1. The van der Waals surface area contributed by atoms with Crippen LogP contribution >= 0.6 is 11.8 Å². The van der Waals surface area contributed by atoms with Crippen molar-refractivity contribution in [1.29, 1.82) is 0 Å². The standard InChI is InChI=1S/C19H23N3O3S/c1-13-15(10-14-4-5-16-17(11-14)25-12-24-16)20-19(21-18(13)23)26-9-8-22-6-2-3-7-22/h4-5,11H,2-3,6-10,12H2,1H3,(H,20,21,23). The Morgan fingerprint density at radius 2 is 2.04 bits per heavy atom. The summed E-state index contributed by atoms with van der Waals surface area (Å²) in [5.41, 5.74) is 2.49. The predicted molar refractivity (Wildman–Crippen MR) is 101 cm³/mol. The molecule has 1 aromatic carbocycles. The zero-order valence-corrected chi connectivity index (χ0v) is 15.7. The van der Waals surface area contributed by atoms with E-state index in [0.29, 0.717) is 17.1 Å². The van der Waals surface area contributed by atoms with Crippen molar-refractivity contribution in [3.05, 3.63) is 45.4 Å². The van der Waals surface area contributed by atoms with Crippen molar-refractivity contribution in [1.82, 2.24) is 14.9 Å². The number of nitrogens with one attached hydrogen (secondary N) is 1. The maximum Gasteiger partial charge on any atom is 0.254 e. The van der Waals surface area contributed by atoms with Gasteiger partial charge in [-0.2, -0.15) is 0 Å². The molecule has 0 saturated carbocycles. The third-order valence-electron chi connectivity index (χ3n) is 4.88. The first-order valence-corrected chi connectivity index (χ1v) is 10.0. The van der Waals surface area contributed by atoms with Gasteiger partial charge < -0.3 is 19.4 Å². The lowest BCUT2D eigenvalue weighted by atomic mass is 10.1. The second-order valence-corrected chi connectivity index (χ2v) is 7.79. The smallest absolute Gasteiger partial charge is 0.254 e. The molecule has 2 aliphatic rings. The molecule has 0 unspecified atom stereocenters. The summed E-state index contributed by atoms with van der Waals surface area (Å²) in [7, 11) is 0. The van der Waals surface area contributed by atoms with Crippen molar-refractivity contribution < 1.29 is 9.47 Å². The second-order valence-electron chi connectivity index (χ2n) is 6.70. The monoisotopic (exact) mass is 373 g/mol. The molecule has 4 rings (SSSR count). The molecule has 2 aromatic rings. The lowest BCUT2D eigenvalue weighted by Crippen LogP contribution is -2.22. The topological polar surface area (TPSA) is 67.5 Å². The van der Waals surface area contributed by atoms with Crippen molar-refractivity contribution in [2.75, 3.05) is 32.2 Å². The van der Waals surface area contributed by atoms with Gasteiger partial charge >= 0.3 is 0 Å². The number of H-pyrrole nitrogens is 1. The minimum Gasteiger partial charge on any atom is -0.454 e. The molecule has 1 saturated heterocycles. The average Bonchev–Trinajstić information content (AvgIpc) is 3.30. The largest absolute Gasteiger partial charge is 0.454 e. The summed E-state index contributed by atoms with van der Waals surface area (Å²) in [6.45, 7) is 5.51. The lowest BCUT2D eigenvalue weighted by molar-refractivity contribution is 0.174. The highest BCUT2D eigenvalue weighted by Crippen LogP contribution is 2.33. The Morgan fingerprint density at radius 1 is 1.23 bits per heavy atom. The first-order chi connectivity index (χ1) is 12.7. The van der Waals surface area contributed by atoms with E-state index in [-0.39, 0.29) is 12.4 Å². The fourth-order valence-corrected chi connectivity index (χ4v) is 4.20. The van der Waals surface area contributed by atoms with Crippen LogP contribution in [-0.2, 0) is 6.42 Å². The number of aromatic nitrogens is 2. The quantitative estimate of drug-likeness (QED) is 0.620. The fourth-order valence-electron chi connectivity index (χ4n) is 3.32. The third kappa shape index (κ3) is 3.88. The van der Waals surface area contributed by atoms with Crippen LogP contribution in [0.15, 0.2) is 28.2 Å². The van der Waals surface area contributed by atoms with Crippen LogP contribution in [0.3, 0.4) is 0 Å². The van der Waals surface area contributed by atoms with Gasteiger partial charge in [-0.15, -0.1) is 0 Å². The number of benzene rings is 1. The van der Waals surface area contributed by atoms with Crippen molar-refractivity contribution in [2.45, 2.75) is 31.3 Å². The molecular formula is C19H23N3O3S. The third-order valence-corrected chi connectivity index (χ3v) is 5.74. The first-order valence-electron chi connectivity index (χ1n) is 9.02. The van der Waals surface area contributed by atoms with Crippen molar-refractivity contribution in [3.63, 3.8) is 0 Å². The molecular weight excluding hydrogens is 350 g/mol. The molecule has 26 heavy (non-hydrogen) atoms. The summed E-state index contributed by atoms with van der Waals surface area (Å²) in [6, 6.07) is 5.87. The highest BCUT2D eigenvalue weighted by molar-refractivity contribution is 7.99. The fraction of sp³-hybridized carbons (Fsp3) is 0.474. The first kappa shape index (κ1) is 17.4. The summed E-state index contributed by atoms with van der Waals surface area (Å²) in [6.07, 6.45) is 3.19. The number of aromatic amines is 1. The van der Waals surface area contributed by atoms with Crippen molar-refractivity contribution in [3.8, 4) is 11.5 Å². The van der Waals surface area contributed by atoms with Gasteiger partial charge in [-0.1, -0.05) is 17.8 Å². The number of likely N-dealkylation sites (tertiary alicyclic amines) is 1. The van der Waals surface area contributed by atoms with E-state index in [0.717, 1.165) is 35.1 Å². The molecule has 0 bridgehead atoms. The summed E-state index contributed by atoms with van der Waals surface area (Å²) in [5.74, 6) is 2.46. The van der Waals surface area contributed by atoms with Crippen LogP contribution in [0.5, 0.6) is 11.5 Å². The second kappa shape index (κ2) is 7.72. The summed E-state index contributed by atoms with van der Waals surface area (Å²) >= 11 is 1.62. The Kier molecular flexibility index (Phi) is 5.17. The van der Waals surface area contributed by atoms with Gasteiger partial charge in [0, 0.05) is 24.3 Å². The molecule has 2 aliphatic heterocycles. The van der Waals surface area contributed by atoms with Gasteiger partial charge in [0.05, 0.1) is 5.69 Å². The van der Waals surface area contributed by atoms with Crippen LogP contribution in [0, 0.1) is 6.92 Å². The molecule has 7 heteroatoms. The number of rotatable bonds is 6. The Balaban J connectivity index is 1.46. The van der Waals surface area contributed by atoms with Crippen LogP contribution in [0.1, 0.15) is 29.7 Å². The molecule has 0 amide bonds. The Hall–Kier alpha value is -1.99. The van der Waals surface area contributed by atoms with Crippen LogP contribution in [-0.4, -0.2) is 47.0 Å². The summed E-state index contributed by atoms with van der Waals surface area (Å²) in [4.78, 5) is 22.4. The van der Waals surface area contributed by atoms with E-state index < -0.39 is 0 Å². The van der Waals surface area contributed by atoms with Crippen LogP contribution in [0.25, 0.3) is 0 Å². The van der Waals surface area contributed by atoms with Crippen molar-refractivity contribution >= 4 is 11.8 Å². The summed E-state index contributed by atoms with van der Waals surface area (Å²) < 4.78 is 10.8. The van der Waals surface area contributed by atoms with Gasteiger partial charge in [0.25, 0.3) is 5.56 Å². The summed E-state index contributed by atoms with van der Waals surface area (Å²) in [5, 5.41) is 0.704. The van der Waals surface area contributed by atoms with Crippen LogP contribution in [0.2, 0.25) is 0 Å². The predicted octanol–water partition coefficient (Wildman–Crippen LogP) is 2.59. The number of hydrogen-bond donors (Lipinski definition) is 1. The van der Waals surface area contributed by atoms with Gasteiger partial charge in [-0.05, 0) is 50.6 Å². The van der Waals surface area contributed by atoms with E-state index in [1.807, 2.05) is 25.1 Å². The minimum atomic E-state index is -0.0561. The van der Waals surface area contributed by atoms with E-state index in [4.69, 9.17) is 14.5 Å². The average molecular weight is 373 g/mol. The molecule has 0 atom stereocenters. The van der Waals surface area contributed by atoms with E-state index >= 15 is 0 Å². The maximum atomic E-state index is 12.3. The normalized spacial score (nSPS) is 16.3. The SMILES string of the molecule is Cc1c(Cc2ccc3c(c2)OCO3)nc(SCCN2CCCC2)[nH]c1=O. The van der Waals surface area contributed by atoms with Gasteiger partial charge in [0.15, 0.2) is 16.7 Å². The highest BCUT2D eigenvalue weighted by atomic mass is 32.2. The van der Waals surface area contributed by atoms with E-state index in [2.05, 4.69) is 9.88 Å². The van der Waals surface area contributed by atoms with Crippen LogP contribution < -0.4 is 15.0 Å². The molecule has 3 heterocycles. The van der Waals surface area contributed by atoms with Crippen molar-refractivity contribution in [2.24, 2.45) is 0 Å². The number of ether oxygens (including phenoxy) is 2. The Morgan fingerprint density at radius 3 is 2.88 bits per heavy atom. The minimum absolute atomic E-state index is 0.0561. The molecule has 1 fully saturated rings. The van der Waals surface area contributed by atoms with Crippen LogP contribution in [0.4, 0.5) is 0 Å². The van der Waals surface area contributed by atoms with E-state index in [1.165, 1.54) is 25.9 Å². The molecule has 0 aliphatic carbocycles. The maximum absolute atomic E-state index is 12.3. The molecule has 1 aromatic heterocycles. The highest BCUT2D eigenvalue weighted by Gasteiger charge is 2.16. The Labute approximate surface area is 156 Å². The molecule has 0 radical (unpaired) electrons. The Bertz CT molecular complexity index is 846.